The van der Waals surface area contributed by atoms with E-state index in [1.165, 1.54) is 11.8 Å². The average Bonchev–Trinajstić information content (AvgIpc) is 3.17. The van der Waals surface area contributed by atoms with Crippen LogP contribution in [-0.2, 0) is 11.3 Å². The molecule has 0 unspecified atom stereocenters. The van der Waals surface area contributed by atoms with E-state index in [2.05, 4.69) is 21.5 Å². The smallest absolute Gasteiger partial charge is 0.340 e. The third-order valence-electron chi connectivity index (χ3n) is 4.75. The zero-order valence-electron chi connectivity index (χ0n) is 16.8. The Balaban J connectivity index is 1.88. The first-order valence-electron chi connectivity index (χ1n) is 9.41. The number of aromatic nitrogens is 3. The molecule has 0 spiro atoms. The minimum Gasteiger partial charge on any atom is -0.462 e. The van der Waals surface area contributed by atoms with E-state index < -0.39 is 5.97 Å². The number of thioether (sulfide) groups is 1. The summed E-state index contributed by atoms with van der Waals surface area (Å²) in [4.78, 5) is 33.1. The number of carbonyl (C=O) groups excluding carboxylic acids is 2. The highest BCUT2D eigenvalue weighted by atomic mass is 32.2. The van der Waals surface area contributed by atoms with Gasteiger partial charge in [0.15, 0.2) is 10.9 Å². The van der Waals surface area contributed by atoms with Crippen molar-refractivity contribution in [3.05, 3.63) is 46.8 Å². The van der Waals surface area contributed by atoms with Crippen LogP contribution in [0.15, 0.2) is 29.4 Å². The van der Waals surface area contributed by atoms with E-state index >= 15 is 0 Å². The number of hydrogen-bond acceptors (Lipinski definition) is 5. The summed E-state index contributed by atoms with van der Waals surface area (Å²) in [5, 5.41) is 0.463. The number of nitrogens with zero attached hydrogens (tertiary/aromatic N) is 2. The number of ether oxygens (including phenoxy) is 1. The van der Waals surface area contributed by atoms with Crippen LogP contribution in [0.5, 0.6) is 0 Å². The van der Waals surface area contributed by atoms with Gasteiger partial charge in [-0.25, -0.2) is 9.78 Å². The Hall–Kier alpha value is -2.54. The topological polar surface area (TPSA) is 77.0 Å². The molecular weight excluding hydrogens is 374 g/mol. The normalized spacial score (nSPS) is 12.3. The Kier molecular flexibility index (Phi) is 5.93. The summed E-state index contributed by atoms with van der Waals surface area (Å²) in [6, 6.07) is 7.95. The number of imidazole rings is 1. The first-order valence-corrected chi connectivity index (χ1v) is 10.3. The third kappa shape index (κ3) is 3.58. The Morgan fingerprint density at radius 1 is 1.25 bits per heavy atom. The molecule has 28 heavy (non-hydrogen) atoms. The van der Waals surface area contributed by atoms with Crippen molar-refractivity contribution in [2.45, 2.75) is 51.6 Å². The summed E-state index contributed by atoms with van der Waals surface area (Å²) in [6.07, 6.45) is 0. The van der Waals surface area contributed by atoms with Gasteiger partial charge in [0.2, 0.25) is 0 Å². The minimum atomic E-state index is -0.402. The molecule has 0 saturated carbocycles. The highest BCUT2D eigenvalue weighted by Gasteiger charge is 2.27. The highest BCUT2D eigenvalue weighted by molar-refractivity contribution is 8.00. The van der Waals surface area contributed by atoms with Gasteiger partial charge in [-0.05, 0) is 52.3 Å². The predicted molar refractivity (Wildman–Crippen MR) is 111 cm³/mol. The van der Waals surface area contributed by atoms with Crippen LogP contribution in [0.2, 0.25) is 0 Å². The minimum absolute atomic E-state index is 0.0594. The van der Waals surface area contributed by atoms with Crippen molar-refractivity contribution < 1.29 is 14.3 Å². The predicted octanol–water partition coefficient (Wildman–Crippen LogP) is 4.54. The summed E-state index contributed by atoms with van der Waals surface area (Å²) in [6.45, 7) is 10.3. The fourth-order valence-electron chi connectivity index (χ4n) is 3.37. The van der Waals surface area contributed by atoms with Crippen LogP contribution in [0.4, 0.5) is 0 Å². The van der Waals surface area contributed by atoms with Gasteiger partial charge in [0, 0.05) is 12.2 Å². The van der Waals surface area contributed by atoms with Crippen LogP contribution in [-0.4, -0.2) is 38.1 Å². The lowest BCUT2D eigenvalue weighted by Gasteiger charge is -2.11. The molecule has 2 aromatic heterocycles. The monoisotopic (exact) mass is 399 g/mol. The number of fused-ring (bicyclic) bond motifs is 1. The van der Waals surface area contributed by atoms with E-state index in [1.807, 2.05) is 31.2 Å². The molecule has 0 radical (unpaired) electrons. The number of hydrogen-bond donors (Lipinski definition) is 1. The molecule has 148 valence electrons. The molecule has 0 aliphatic rings. The molecule has 7 heteroatoms. The van der Waals surface area contributed by atoms with E-state index in [9.17, 15) is 9.59 Å². The number of H-pyrrole nitrogens is 1. The van der Waals surface area contributed by atoms with E-state index in [4.69, 9.17) is 4.74 Å². The molecule has 3 rings (SSSR count). The van der Waals surface area contributed by atoms with Crippen molar-refractivity contribution in [2.24, 2.45) is 0 Å². The van der Waals surface area contributed by atoms with Gasteiger partial charge in [0.1, 0.15) is 0 Å². The summed E-state index contributed by atoms with van der Waals surface area (Å²) in [7, 11) is 0. The van der Waals surface area contributed by atoms with Crippen molar-refractivity contribution in [1.82, 2.24) is 14.5 Å². The molecule has 0 amide bonds. The third-order valence-corrected chi connectivity index (χ3v) is 5.84. The second-order valence-corrected chi connectivity index (χ2v) is 7.91. The molecular formula is C21H25N3O3S. The second-order valence-electron chi connectivity index (χ2n) is 6.60. The maximum Gasteiger partial charge on any atom is 0.340 e. The van der Waals surface area contributed by atoms with E-state index in [0.717, 1.165) is 22.7 Å². The van der Waals surface area contributed by atoms with Gasteiger partial charge in [-0.2, -0.15) is 0 Å². The summed E-state index contributed by atoms with van der Waals surface area (Å²) < 4.78 is 7.23. The summed E-state index contributed by atoms with van der Waals surface area (Å²) in [5.41, 5.74) is 4.17. The first-order chi connectivity index (χ1) is 13.4. The summed E-state index contributed by atoms with van der Waals surface area (Å²) in [5.74, 6) is -0.461. The highest BCUT2D eigenvalue weighted by Crippen LogP contribution is 2.30. The number of aromatic amines is 1. The zero-order valence-corrected chi connectivity index (χ0v) is 17.6. The van der Waals surface area contributed by atoms with Gasteiger partial charge in [0.05, 0.1) is 34.1 Å². The van der Waals surface area contributed by atoms with Crippen LogP contribution in [0.1, 0.15) is 52.9 Å². The Morgan fingerprint density at radius 2 is 1.96 bits per heavy atom. The Labute approximate surface area is 168 Å². The SMILES string of the molecule is CCOC(=O)c1c(C)[nH]c(C(=O)[C@@H](C)Sc2nc3ccccc3n2CC)c1C. The van der Waals surface area contributed by atoms with Crippen LogP contribution in [0.25, 0.3) is 11.0 Å². The van der Waals surface area contributed by atoms with E-state index in [-0.39, 0.29) is 11.0 Å². The first kappa shape index (κ1) is 20.2. The van der Waals surface area contributed by atoms with Gasteiger partial charge in [0.25, 0.3) is 0 Å². The van der Waals surface area contributed by atoms with Crippen molar-refractivity contribution in [2.75, 3.05) is 6.61 Å². The standard InChI is InChI=1S/C21H25N3O3S/c1-6-24-16-11-9-8-10-15(16)23-21(24)28-14(5)19(25)18-12(3)17(13(4)22-18)20(26)27-7-2/h8-11,14,22H,6-7H2,1-5H3/t14-/m1/s1. The maximum absolute atomic E-state index is 13.1. The molecule has 1 N–H and O–H groups in total. The van der Waals surface area contributed by atoms with Crippen LogP contribution >= 0.6 is 11.8 Å². The zero-order chi connectivity index (χ0) is 20.4. The van der Waals surface area contributed by atoms with Crippen molar-refractivity contribution in [3.8, 4) is 0 Å². The molecule has 0 aliphatic heterocycles. The molecule has 6 nitrogen and oxygen atoms in total. The summed E-state index contributed by atoms with van der Waals surface area (Å²) >= 11 is 1.43. The van der Waals surface area contributed by atoms with Gasteiger partial charge < -0.3 is 14.3 Å². The largest absolute Gasteiger partial charge is 0.462 e. The molecule has 0 bridgehead atoms. The quantitative estimate of drug-likeness (QED) is 0.358. The number of aryl methyl sites for hydroxylation is 2. The molecule has 3 aromatic rings. The number of para-hydroxylation sites is 2. The number of nitrogens with one attached hydrogen (secondary N) is 1. The molecule has 1 aromatic carbocycles. The van der Waals surface area contributed by atoms with Crippen LogP contribution in [0, 0.1) is 13.8 Å². The Bertz CT molecular complexity index is 1040. The molecule has 0 saturated heterocycles. The number of ketones is 1. The van der Waals surface area contributed by atoms with Gasteiger partial charge in [-0.3, -0.25) is 4.79 Å². The Morgan fingerprint density at radius 3 is 2.64 bits per heavy atom. The van der Waals surface area contributed by atoms with Crippen molar-refractivity contribution in [1.29, 1.82) is 0 Å². The lowest BCUT2D eigenvalue weighted by atomic mass is 10.1. The van der Waals surface area contributed by atoms with Gasteiger partial charge >= 0.3 is 5.97 Å². The second kappa shape index (κ2) is 8.22. The van der Waals surface area contributed by atoms with Crippen molar-refractivity contribution in [3.63, 3.8) is 0 Å². The number of benzene rings is 1. The average molecular weight is 400 g/mol. The van der Waals surface area contributed by atoms with E-state index in [0.29, 0.717) is 29.1 Å². The lowest BCUT2D eigenvalue weighted by molar-refractivity contribution is 0.0525. The van der Waals surface area contributed by atoms with E-state index in [1.54, 1.807) is 20.8 Å². The van der Waals surface area contributed by atoms with Crippen LogP contribution in [0.3, 0.4) is 0 Å². The fourth-order valence-corrected chi connectivity index (χ4v) is 4.42. The van der Waals surface area contributed by atoms with Crippen LogP contribution < -0.4 is 0 Å². The van der Waals surface area contributed by atoms with Crippen molar-refractivity contribution >= 4 is 34.5 Å². The maximum atomic E-state index is 13.1. The molecule has 2 heterocycles. The fraction of sp³-hybridized carbons (Fsp3) is 0.381. The van der Waals surface area contributed by atoms with Gasteiger partial charge in [-0.1, -0.05) is 23.9 Å². The molecule has 0 aliphatic carbocycles. The number of carbonyl (C=O) groups is 2. The molecule has 1 atom stereocenters. The molecule has 0 fully saturated rings. The lowest BCUT2D eigenvalue weighted by Crippen LogP contribution is -2.16. The number of rotatable bonds is 7. The number of Topliss-reactive ketones (excluding diaryl/α,β-unsaturated/α-hetero) is 1. The number of esters is 1. The van der Waals surface area contributed by atoms with Gasteiger partial charge in [-0.15, -0.1) is 0 Å².